The molecular weight excluding hydrogens is 336 g/mol. The number of hydrogen-bond acceptors (Lipinski definition) is 2. The lowest BCUT2D eigenvalue weighted by Crippen LogP contribution is -2.43. The molecule has 2 aromatic rings. The predicted octanol–water partition coefficient (Wildman–Crippen LogP) is 3.44. The minimum atomic E-state index is -0.181. The summed E-state index contributed by atoms with van der Waals surface area (Å²) < 4.78 is 0. The molecule has 0 saturated carbocycles. The third-order valence-electron chi connectivity index (χ3n) is 3.85. The Morgan fingerprint density at radius 2 is 1.64 bits per heavy atom. The van der Waals surface area contributed by atoms with Gasteiger partial charge in [-0.05, 0) is 37.1 Å². The average Bonchev–Trinajstić information content (AvgIpc) is 2.60. The Labute approximate surface area is 153 Å². The van der Waals surface area contributed by atoms with Crippen LogP contribution in [0.25, 0.3) is 0 Å². The Balaban J connectivity index is 1.87. The number of rotatable bonds is 7. The van der Waals surface area contributed by atoms with Gasteiger partial charge in [0, 0.05) is 17.6 Å². The van der Waals surface area contributed by atoms with Gasteiger partial charge in [-0.3, -0.25) is 9.59 Å². The molecule has 0 radical (unpaired) electrons. The van der Waals surface area contributed by atoms with E-state index < -0.39 is 0 Å². The van der Waals surface area contributed by atoms with E-state index >= 15 is 0 Å². The van der Waals surface area contributed by atoms with Crippen molar-refractivity contribution >= 4 is 23.4 Å². The highest BCUT2D eigenvalue weighted by atomic mass is 35.5. The molecule has 0 aliphatic rings. The van der Waals surface area contributed by atoms with Crippen molar-refractivity contribution in [1.29, 1.82) is 0 Å². The number of benzene rings is 2. The minimum absolute atomic E-state index is 0.00254. The van der Waals surface area contributed by atoms with Gasteiger partial charge in [0.25, 0.3) is 0 Å². The van der Waals surface area contributed by atoms with Gasteiger partial charge in [-0.1, -0.05) is 54.1 Å². The van der Waals surface area contributed by atoms with Crippen LogP contribution in [0.5, 0.6) is 0 Å². The maximum atomic E-state index is 12.5. The summed E-state index contributed by atoms with van der Waals surface area (Å²) in [6, 6.07) is 17.0. The SMILES string of the molecule is CC(C)N(Cc1ccccc1)C(=O)CNC(=O)Cc1ccc(Cl)cc1. The fourth-order valence-corrected chi connectivity index (χ4v) is 2.59. The molecule has 4 nitrogen and oxygen atoms in total. The first-order valence-electron chi connectivity index (χ1n) is 8.30. The van der Waals surface area contributed by atoms with Crippen LogP contribution in [0.15, 0.2) is 54.6 Å². The number of amides is 2. The van der Waals surface area contributed by atoms with Gasteiger partial charge in [0.15, 0.2) is 0 Å². The van der Waals surface area contributed by atoms with Crippen LogP contribution in [0.2, 0.25) is 5.02 Å². The van der Waals surface area contributed by atoms with Crippen molar-refractivity contribution in [2.24, 2.45) is 0 Å². The molecule has 0 heterocycles. The average molecular weight is 359 g/mol. The second kappa shape index (κ2) is 9.23. The standard InChI is InChI=1S/C20H23ClN2O2/c1-15(2)23(14-17-6-4-3-5-7-17)20(25)13-22-19(24)12-16-8-10-18(21)11-9-16/h3-11,15H,12-14H2,1-2H3,(H,22,24). The molecule has 0 atom stereocenters. The maximum absolute atomic E-state index is 12.5. The summed E-state index contributed by atoms with van der Waals surface area (Å²) in [7, 11) is 0. The number of carbonyl (C=O) groups is 2. The zero-order valence-corrected chi connectivity index (χ0v) is 15.3. The van der Waals surface area contributed by atoms with Crippen molar-refractivity contribution in [2.45, 2.75) is 32.9 Å². The van der Waals surface area contributed by atoms with Gasteiger partial charge in [0.05, 0.1) is 13.0 Å². The molecule has 2 aromatic carbocycles. The highest BCUT2D eigenvalue weighted by Gasteiger charge is 2.18. The Kier molecular flexibility index (Phi) is 7.02. The van der Waals surface area contributed by atoms with Crippen molar-refractivity contribution in [2.75, 3.05) is 6.54 Å². The summed E-state index contributed by atoms with van der Waals surface area (Å²) in [5, 5.41) is 3.34. The lowest BCUT2D eigenvalue weighted by molar-refractivity contribution is -0.134. The van der Waals surface area contributed by atoms with Gasteiger partial charge in [-0.15, -0.1) is 0 Å². The van der Waals surface area contributed by atoms with E-state index in [9.17, 15) is 9.59 Å². The molecule has 0 unspecified atom stereocenters. The first-order chi connectivity index (χ1) is 12.0. The van der Waals surface area contributed by atoms with Gasteiger partial charge in [0.2, 0.25) is 11.8 Å². The van der Waals surface area contributed by atoms with Crippen LogP contribution < -0.4 is 5.32 Å². The molecule has 2 rings (SSSR count). The topological polar surface area (TPSA) is 49.4 Å². The zero-order valence-electron chi connectivity index (χ0n) is 14.5. The maximum Gasteiger partial charge on any atom is 0.242 e. The Bertz CT molecular complexity index is 699. The van der Waals surface area contributed by atoms with Gasteiger partial charge in [-0.25, -0.2) is 0 Å². The molecule has 0 spiro atoms. The number of hydrogen-bond donors (Lipinski definition) is 1. The van der Waals surface area contributed by atoms with Crippen LogP contribution in [0, 0.1) is 0 Å². The van der Waals surface area contributed by atoms with Crippen LogP contribution in [-0.4, -0.2) is 29.3 Å². The third kappa shape index (κ3) is 6.24. The lowest BCUT2D eigenvalue weighted by Gasteiger charge is -2.27. The van der Waals surface area contributed by atoms with Crippen LogP contribution >= 0.6 is 11.6 Å². The lowest BCUT2D eigenvalue weighted by atomic mass is 10.1. The van der Waals surface area contributed by atoms with Gasteiger partial charge in [0.1, 0.15) is 0 Å². The molecule has 132 valence electrons. The molecule has 5 heteroatoms. The fraction of sp³-hybridized carbons (Fsp3) is 0.300. The molecular formula is C20H23ClN2O2. The predicted molar refractivity (Wildman–Crippen MR) is 100 cm³/mol. The van der Waals surface area contributed by atoms with Crippen LogP contribution in [0.4, 0.5) is 0 Å². The van der Waals surface area contributed by atoms with E-state index in [2.05, 4.69) is 5.32 Å². The first-order valence-corrected chi connectivity index (χ1v) is 8.68. The van der Waals surface area contributed by atoms with E-state index in [1.54, 1.807) is 29.2 Å². The molecule has 0 saturated heterocycles. The second-order valence-corrected chi connectivity index (χ2v) is 6.62. The van der Waals surface area contributed by atoms with Crippen molar-refractivity contribution < 1.29 is 9.59 Å². The summed E-state index contributed by atoms with van der Waals surface area (Å²) >= 11 is 5.83. The highest BCUT2D eigenvalue weighted by molar-refractivity contribution is 6.30. The Morgan fingerprint density at radius 3 is 2.24 bits per heavy atom. The Hall–Kier alpha value is -2.33. The summed E-state index contributed by atoms with van der Waals surface area (Å²) in [5.41, 5.74) is 1.93. The first kappa shape index (κ1) is 19.0. The van der Waals surface area contributed by atoms with Gasteiger partial charge < -0.3 is 10.2 Å². The van der Waals surface area contributed by atoms with Crippen molar-refractivity contribution in [3.63, 3.8) is 0 Å². The number of nitrogens with one attached hydrogen (secondary N) is 1. The molecule has 1 N–H and O–H groups in total. The van der Waals surface area contributed by atoms with Crippen molar-refractivity contribution in [3.05, 3.63) is 70.7 Å². The normalized spacial score (nSPS) is 10.6. The molecule has 0 bridgehead atoms. The van der Waals surface area contributed by atoms with Gasteiger partial charge >= 0.3 is 0 Å². The molecule has 25 heavy (non-hydrogen) atoms. The minimum Gasteiger partial charge on any atom is -0.347 e. The van der Waals surface area contributed by atoms with Crippen LogP contribution in [0.3, 0.4) is 0 Å². The largest absolute Gasteiger partial charge is 0.347 e. The number of halogens is 1. The third-order valence-corrected chi connectivity index (χ3v) is 4.11. The van der Waals surface area contributed by atoms with Crippen LogP contribution in [0.1, 0.15) is 25.0 Å². The monoisotopic (exact) mass is 358 g/mol. The highest BCUT2D eigenvalue weighted by Crippen LogP contribution is 2.10. The van der Waals surface area contributed by atoms with E-state index in [0.29, 0.717) is 11.6 Å². The summed E-state index contributed by atoms with van der Waals surface area (Å²) in [4.78, 5) is 26.3. The van der Waals surface area contributed by atoms with Crippen molar-refractivity contribution in [3.8, 4) is 0 Å². The van der Waals surface area contributed by atoms with Crippen molar-refractivity contribution in [1.82, 2.24) is 10.2 Å². The summed E-state index contributed by atoms with van der Waals surface area (Å²) in [6.45, 7) is 4.47. The van der Waals surface area contributed by atoms with E-state index in [1.165, 1.54) is 0 Å². The quantitative estimate of drug-likeness (QED) is 0.824. The van der Waals surface area contributed by atoms with E-state index in [1.807, 2.05) is 44.2 Å². The van der Waals surface area contributed by atoms with Crippen LogP contribution in [-0.2, 0) is 22.6 Å². The number of carbonyl (C=O) groups excluding carboxylic acids is 2. The molecule has 0 fully saturated rings. The fourth-order valence-electron chi connectivity index (χ4n) is 2.46. The summed E-state index contributed by atoms with van der Waals surface area (Å²) in [6.07, 6.45) is 0.227. The Morgan fingerprint density at radius 1 is 1.00 bits per heavy atom. The van der Waals surface area contributed by atoms with E-state index in [-0.39, 0.29) is 30.8 Å². The molecule has 0 aliphatic heterocycles. The molecule has 0 aromatic heterocycles. The smallest absolute Gasteiger partial charge is 0.242 e. The molecule has 2 amide bonds. The number of nitrogens with zero attached hydrogens (tertiary/aromatic N) is 1. The van der Waals surface area contributed by atoms with Gasteiger partial charge in [-0.2, -0.15) is 0 Å². The summed E-state index contributed by atoms with van der Waals surface area (Å²) in [5.74, 6) is -0.276. The zero-order chi connectivity index (χ0) is 18.2. The van der Waals surface area contributed by atoms with E-state index in [4.69, 9.17) is 11.6 Å². The second-order valence-electron chi connectivity index (χ2n) is 6.18. The van der Waals surface area contributed by atoms with E-state index in [0.717, 1.165) is 11.1 Å². The molecule has 0 aliphatic carbocycles.